The Morgan fingerprint density at radius 2 is 1.72 bits per heavy atom. The number of hydrogen-bond donors (Lipinski definition) is 2. The number of aromatic nitrogens is 4. The standard InChI is InChI=1S/C23H22N6O2S/c1-23(2,3)18-14-19(29(28-18)22-24-10-6-11-25-22)27-20(30)15-7-4-8-16(13-15)26-21(31)17-9-5-12-32-17/h4-14H,1-3H3,(H,26,31)(H,27,30). The van der Waals surface area contributed by atoms with Crippen LogP contribution in [0.1, 0.15) is 46.5 Å². The molecule has 0 spiro atoms. The second-order valence-electron chi connectivity index (χ2n) is 8.09. The maximum atomic E-state index is 13.0. The largest absolute Gasteiger partial charge is 0.321 e. The maximum absolute atomic E-state index is 13.0. The van der Waals surface area contributed by atoms with Crippen LogP contribution in [0, 0.1) is 0 Å². The van der Waals surface area contributed by atoms with Gasteiger partial charge in [0.15, 0.2) is 0 Å². The molecule has 0 aliphatic rings. The minimum absolute atomic E-state index is 0.216. The van der Waals surface area contributed by atoms with Gasteiger partial charge in [0.1, 0.15) is 5.82 Å². The van der Waals surface area contributed by atoms with Crippen LogP contribution < -0.4 is 10.6 Å². The van der Waals surface area contributed by atoms with E-state index in [4.69, 9.17) is 0 Å². The zero-order valence-corrected chi connectivity index (χ0v) is 18.7. The van der Waals surface area contributed by atoms with Gasteiger partial charge in [-0.05, 0) is 35.7 Å². The highest BCUT2D eigenvalue weighted by molar-refractivity contribution is 7.12. The molecule has 3 aromatic heterocycles. The summed E-state index contributed by atoms with van der Waals surface area (Å²) >= 11 is 1.35. The lowest BCUT2D eigenvalue weighted by Crippen LogP contribution is -2.17. The Morgan fingerprint density at radius 3 is 2.41 bits per heavy atom. The van der Waals surface area contributed by atoms with Crippen LogP contribution in [0.2, 0.25) is 0 Å². The summed E-state index contributed by atoms with van der Waals surface area (Å²) in [5.41, 5.74) is 1.49. The van der Waals surface area contributed by atoms with E-state index in [0.29, 0.717) is 27.9 Å². The highest BCUT2D eigenvalue weighted by atomic mass is 32.1. The lowest BCUT2D eigenvalue weighted by Gasteiger charge is -2.13. The number of benzene rings is 1. The van der Waals surface area contributed by atoms with Gasteiger partial charge in [-0.3, -0.25) is 9.59 Å². The van der Waals surface area contributed by atoms with E-state index in [2.05, 4.69) is 25.7 Å². The van der Waals surface area contributed by atoms with E-state index in [1.165, 1.54) is 16.0 Å². The van der Waals surface area contributed by atoms with Crippen molar-refractivity contribution >= 4 is 34.7 Å². The number of rotatable bonds is 5. The molecule has 0 unspecified atom stereocenters. The first-order valence-corrected chi connectivity index (χ1v) is 10.8. The fourth-order valence-corrected chi connectivity index (χ4v) is 3.54. The van der Waals surface area contributed by atoms with Crippen molar-refractivity contribution in [3.05, 3.63) is 82.4 Å². The number of hydrogen-bond acceptors (Lipinski definition) is 6. The first-order chi connectivity index (χ1) is 15.3. The number of thiophene rings is 1. The molecular weight excluding hydrogens is 424 g/mol. The van der Waals surface area contributed by atoms with Gasteiger partial charge in [0.05, 0.1) is 10.6 Å². The van der Waals surface area contributed by atoms with Gasteiger partial charge >= 0.3 is 0 Å². The molecule has 0 saturated carbocycles. The molecule has 0 atom stereocenters. The molecule has 32 heavy (non-hydrogen) atoms. The summed E-state index contributed by atoms with van der Waals surface area (Å²) in [7, 11) is 0. The van der Waals surface area contributed by atoms with Crippen molar-refractivity contribution < 1.29 is 9.59 Å². The second-order valence-corrected chi connectivity index (χ2v) is 9.04. The Morgan fingerprint density at radius 1 is 0.938 bits per heavy atom. The van der Waals surface area contributed by atoms with Crippen LogP contribution in [-0.4, -0.2) is 31.6 Å². The van der Waals surface area contributed by atoms with Gasteiger partial charge in [-0.25, -0.2) is 9.97 Å². The van der Waals surface area contributed by atoms with Crippen LogP contribution >= 0.6 is 11.3 Å². The van der Waals surface area contributed by atoms with Gasteiger partial charge in [-0.1, -0.05) is 32.9 Å². The van der Waals surface area contributed by atoms with Crippen LogP contribution in [0.15, 0.2) is 66.3 Å². The summed E-state index contributed by atoms with van der Waals surface area (Å²) < 4.78 is 1.51. The van der Waals surface area contributed by atoms with Crippen molar-refractivity contribution in [2.45, 2.75) is 26.2 Å². The molecule has 8 nitrogen and oxygen atoms in total. The summed E-state index contributed by atoms with van der Waals surface area (Å²) in [6.07, 6.45) is 3.23. The molecule has 2 amide bonds. The van der Waals surface area contributed by atoms with Crippen LogP contribution in [-0.2, 0) is 5.41 Å². The summed E-state index contributed by atoms with van der Waals surface area (Å²) in [5.74, 6) is 0.260. The fraction of sp³-hybridized carbons (Fsp3) is 0.174. The SMILES string of the molecule is CC(C)(C)c1cc(NC(=O)c2cccc(NC(=O)c3cccs3)c2)n(-c2ncccn2)n1. The fourth-order valence-electron chi connectivity index (χ4n) is 2.92. The average molecular weight is 447 g/mol. The summed E-state index contributed by atoms with van der Waals surface area (Å²) in [6, 6.07) is 13.9. The number of anilines is 2. The molecule has 0 aliphatic heterocycles. The molecule has 0 radical (unpaired) electrons. The molecule has 0 fully saturated rings. The predicted octanol–water partition coefficient (Wildman–Crippen LogP) is 4.53. The highest BCUT2D eigenvalue weighted by Crippen LogP contribution is 2.26. The van der Waals surface area contributed by atoms with Gasteiger partial charge in [-0.15, -0.1) is 11.3 Å². The van der Waals surface area contributed by atoms with Crippen LogP contribution in [0.5, 0.6) is 0 Å². The molecule has 162 valence electrons. The Labute approximate surface area is 189 Å². The maximum Gasteiger partial charge on any atom is 0.265 e. The molecule has 3 heterocycles. The molecule has 4 aromatic rings. The van der Waals surface area contributed by atoms with Gasteiger partial charge in [0, 0.05) is 35.1 Å². The minimum Gasteiger partial charge on any atom is -0.321 e. The van der Waals surface area contributed by atoms with Crippen LogP contribution in [0.4, 0.5) is 11.5 Å². The monoisotopic (exact) mass is 446 g/mol. The van der Waals surface area contributed by atoms with Crippen molar-refractivity contribution in [1.29, 1.82) is 0 Å². The Kier molecular flexibility index (Phi) is 5.83. The van der Waals surface area contributed by atoms with E-state index in [1.54, 1.807) is 48.8 Å². The molecule has 4 rings (SSSR count). The number of carbonyl (C=O) groups is 2. The van der Waals surface area contributed by atoms with E-state index < -0.39 is 0 Å². The second kappa shape index (κ2) is 8.72. The molecule has 0 aliphatic carbocycles. The summed E-state index contributed by atoms with van der Waals surface area (Å²) in [4.78, 5) is 34.4. The Balaban J connectivity index is 1.59. The van der Waals surface area contributed by atoms with Crippen LogP contribution in [0.25, 0.3) is 5.95 Å². The minimum atomic E-state index is -0.338. The van der Waals surface area contributed by atoms with E-state index in [1.807, 2.05) is 38.3 Å². The van der Waals surface area contributed by atoms with Crippen molar-refractivity contribution in [2.75, 3.05) is 10.6 Å². The average Bonchev–Trinajstić information content (AvgIpc) is 3.45. The van der Waals surface area contributed by atoms with E-state index >= 15 is 0 Å². The van der Waals surface area contributed by atoms with Crippen LogP contribution in [0.3, 0.4) is 0 Å². The predicted molar refractivity (Wildman–Crippen MR) is 125 cm³/mol. The molecule has 9 heteroatoms. The molecule has 1 aromatic carbocycles. The highest BCUT2D eigenvalue weighted by Gasteiger charge is 2.22. The van der Waals surface area contributed by atoms with Crippen molar-refractivity contribution in [3.8, 4) is 5.95 Å². The number of amides is 2. The van der Waals surface area contributed by atoms with Crippen molar-refractivity contribution in [1.82, 2.24) is 19.7 Å². The molecule has 0 bridgehead atoms. The zero-order valence-electron chi connectivity index (χ0n) is 17.9. The molecular formula is C23H22N6O2S. The topological polar surface area (TPSA) is 102 Å². The van der Waals surface area contributed by atoms with E-state index in [0.717, 1.165) is 5.69 Å². The van der Waals surface area contributed by atoms with Gasteiger partial charge in [0.25, 0.3) is 17.8 Å². The molecule has 0 saturated heterocycles. The van der Waals surface area contributed by atoms with E-state index in [-0.39, 0.29) is 17.2 Å². The van der Waals surface area contributed by atoms with Gasteiger partial charge in [0.2, 0.25) is 0 Å². The molecule has 2 N–H and O–H groups in total. The van der Waals surface area contributed by atoms with Crippen molar-refractivity contribution in [2.24, 2.45) is 0 Å². The van der Waals surface area contributed by atoms with Gasteiger partial charge < -0.3 is 10.6 Å². The Hall–Kier alpha value is -3.85. The third kappa shape index (κ3) is 4.73. The number of nitrogens with one attached hydrogen (secondary N) is 2. The first-order valence-electron chi connectivity index (χ1n) is 9.95. The number of carbonyl (C=O) groups excluding carboxylic acids is 2. The van der Waals surface area contributed by atoms with Crippen molar-refractivity contribution in [3.63, 3.8) is 0 Å². The van der Waals surface area contributed by atoms with E-state index in [9.17, 15) is 9.59 Å². The summed E-state index contributed by atoms with van der Waals surface area (Å²) in [6.45, 7) is 6.12. The normalized spacial score (nSPS) is 11.2. The summed E-state index contributed by atoms with van der Waals surface area (Å²) in [5, 5.41) is 12.2. The number of nitrogens with zero attached hydrogens (tertiary/aromatic N) is 4. The lowest BCUT2D eigenvalue weighted by molar-refractivity contribution is 0.101. The zero-order chi connectivity index (χ0) is 22.7. The first kappa shape index (κ1) is 21.4. The third-order valence-electron chi connectivity index (χ3n) is 4.59. The lowest BCUT2D eigenvalue weighted by atomic mass is 9.92. The Bertz CT molecular complexity index is 1240. The van der Waals surface area contributed by atoms with Gasteiger partial charge in [-0.2, -0.15) is 9.78 Å². The third-order valence-corrected chi connectivity index (χ3v) is 5.46. The smallest absolute Gasteiger partial charge is 0.265 e. The quantitative estimate of drug-likeness (QED) is 0.469.